The van der Waals surface area contributed by atoms with Gasteiger partial charge in [0.05, 0.1) is 0 Å². The van der Waals surface area contributed by atoms with E-state index in [1.165, 1.54) is 31.5 Å². The molecule has 1 heteroatoms. The molecule has 0 aromatic rings. The van der Waals surface area contributed by atoms with E-state index in [0.29, 0.717) is 0 Å². The Bertz CT molecular complexity index is 101. The van der Waals surface area contributed by atoms with Crippen LogP contribution in [-0.2, 0) is 0 Å². The number of hydrogen-bond donors (Lipinski definition) is 1. The summed E-state index contributed by atoms with van der Waals surface area (Å²) in [5.41, 5.74) is 1.32. The average Bonchev–Trinajstić information content (AvgIpc) is 2.43. The van der Waals surface area contributed by atoms with Gasteiger partial charge in [-0.3, -0.25) is 0 Å². The van der Waals surface area contributed by atoms with Gasteiger partial charge in [0.25, 0.3) is 0 Å². The Morgan fingerprint density at radius 3 is 2.55 bits per heavy atom. The zero-order valence-corrected chi connectivity index (χ0v) is 8.11. The first-order valence-corrected chi connectivity index (χ1v) is 4.64. The highest BCUT2D eigenvalue weighted by Crippen LogP contribution is 2.15. The van der Waals surface area contributed by atoms with Crippen molar-refractivity contribution < 1.29 is 0 Å². The molecule has 0 saturated carbocycles. The predicted octanol–water partition coefficient (Wildman–Crippen LogP) is 2.59. The lowest BCUT2D eigenvalue weighted by molar-refractivity contribution is 0.578. The van der Waals surface area contributed by atoms with E-state index < -0.39 is 0 Å². The molecule has 1 aliphatic heterocycles. The van der Waals surface area contributed by atoms with Crippen LogP contribution in [-0.4, -0.2) is 13.1 Å². The lowest BCUT2D eigenvalue weighted by atomic mass is 10.0. The van der Waals surface area contributed by atoms with E-state index in [1.54, 1.807) is 0 Å². The third kappa shape index (κ3) is 5.02. The summed E-state index contributed by atoms with van der Waals surface area (Å²) in [5.74, 6) is 0.877. The highest BCUT2D eigenvalue weighted by molar-refractivity contribution is 4.92. The molecule has 1 N–H and O–H groups in total. The van der Waals surface area contributed by atoms with Gasteiger partial charge in [-0.25, -0.2) is 0 Å². The highest BCUT2D eigenvalue weighted by atomic mass is 14.9. The van der Waals surface area contributed by atoms with E-state index in [0.717, 1.165) is 5.92 Å². The Morgan fingerprint density at radius 1 is 1.55 bits per heavy atom. The Hall–Kier alpha value is -0.300. The standard InChI is InChI=1S/C8H15N.C2H6/c1-7(2)5-8-3-4-9-6-8;1-2/h8-9H,1,3-6H2,2H3;1-2H3. The zero-order chi connectivity index (χ0) is 8.69. The van der Waals surface area contributed by atoms with Crippen molar-refractivity contribution in [1.82, 2.24) is 5.32 Å². The Balaban J connectivity index is 0.000000461. The molecule has 1 rings (SSSR count). The molecule has 0 spiro atoms. The summed E-state index contributed by atoms with van der Waals surface area (Å²) in [6, 6.07) is 0. The van der Waals surface area contributed by atoms with Gasteiger partial charge in [-0.05, 0) is 38.8 Å². The van der Waals surface area contributed by atoms with Gasteiger partial charge in [-0.2, -0.15) is 0 Å². The molecule has 1 saturated heterocycles. The van der Waals surface area contributed by atoms with Crippen LogP contribution in [0, 0.1) is 5.92 Å². The van der Waals surface area contributed by atoms with Crippen molar-refractivity contribution in [2.45, 2.75) is 33.6 Å². The van der Waals surface area contributed by atoms with Crippen LogP contribution in [0.3, 0.4) is 0 Å². The Labute approximate surface area is 70.9 Å². The van der Waals surface area contributed by atoms with Crippen LogP contribution in [0.4, 0.5) is 0 Å². The summed E-state index contributed by atoms with van der Waals surface area (Å²) in [4.78, 5) is 0. The molecule has 1 heterocycles. The fraction of sp³-hybridized carbons (Fsp3) is 0.800. The number of rotatable bonds is 2. The summed E-state index contributed by atoms with van der Waals surface area (Å²) < 4.78 is 0. The second-order valence-electron chi connectivity index (χ2n) is 3.02. The molecule has 0 amide bonds. The maximum atomic E-state index is 3.89. The van der Waals surface area contributed by atoms with Crippen LogP contribution < -0.4 is 5.32 Å². The van der Waals surface area contributed by atoms with Crippen molar-refractivity contribution in [1.29, 1.82) is 0 Å². The molecule has 0 aliphatic carbocycles. The van der Waals surface area contributed by atoms with E-state index >= 15 is 0 Å². The molecule has 1 unspecified atom stereocenters. The summed E-state index contributed by atoms with van der Waals surface area (Å²) in [6.07, 6.45) is 2.56. The number of allylic oxidation sites excluding steroid dienone is 1. The molecule has 1 fully saturated rings. The maximum absolute atomic E-state index is 3.89. The van der Waals surface area contributed by atoms with Crippen LogP contribution in [0.25, 0.3) is 0 Å². The smallest absolute Gasteiger partial charge is 0.00170 e. The Kier molecular flexibility index (Phi) is 6.24. The van der Waals surface area contributed by atoms with Crippen LogP contribution in [0.2, 0.25) is 0 Å². The molecule has 0 aromatic heterocycles. The predicted molar refractivity (Wildman–Crippen MR) is 51.8 cm³/mol. The third-order valence-electron chi connectivity index (χ3n) is 1.80. The lowest BCUT2D eigenvalue weighted by Crippen LogP contribution is -2.08. The van der Waals surface area contributed by atoms with Gasteiger partial charge < -0.3 is 5.32 Å². The van der Waals surface area contributed by atoms with Crippen molar-refractivity contribution in [3.8, 4) is 0 Å². The van der Waals surface area contributed by atoms with Gasteiger partial charge in [0, 0.05) is 0 Å². The second-order valence-corrected chi connectivity index (χ2v) is 3.02. The van der Waals surface area contributed by atoms with Crippen molar-refractivity contribution in [3.63, 3.8) is 0 Å². The maximum Gasteiger partial charge on any atom is -0.00170 e. The topological polar surface area (TPSA) is 12.0 Å². The van der Waals surface area contributed by atoms with Gasteiger partial charge in [-0.15, -0.1) is 6.58 Å². The van der Waals surface area contributed by atoms with E-state index in [1.807, 2.05) is 13.8 Å². The molecule has 1 atom stereocenters. The van der Waals surface area contributed by atoms with Crippen molar-refractivity contribution in [3.05, 3.63) is 12.2 Å². The normalized spacial score (nSPS) is 22.3. The van der Waals surface area contributed by atoms with E-state index in [4.69, 9.17) is 0 Å². The second kappa shape index (κ2) is 6.41. The molecular formula is C10H21N. The molecule has 66 valence electrons. The zero-order valence-electron chi connectivity index (χ0n) is 8.11. The molecule has 0 bridgehead atoms. The minimum absolute atomic E-state index is 0.877. The van der Waals surface area contributed by atoms with Gasteiger partial charge in [-0.1, -0.05) is 19.4 Å². The van der Waals surface area contributed by atoms with E-state index in [-0.39, 0.29) is 0 Å². The highest BCUT2D eigenvalue weighted by Gasteiger charge is 2.13. The first-order chi connectivity index (χ1) is 5.29. The largest absolute Gasteiger partial charge is 0.316 e. The quantitative estimate of drug-likeness (QED) is 0.604. The van der Waals surface area contributed by atoms with Gasteiger partial charge >= 0.3 is 0 Å². The van der Waals surface area contributed by atoms with Crippen LogP contribution >= 0.6 is 0 Å². The fourth-order valence-corrected chi connectivity index (χ4v) is 1.38. The van der Waals surface area contributed by atoms with Crippen LogP contribution in [0.5, 0.6) is 0 Å². The third-order valence-corrected chi connectivity index (χ3v) is 1.80. The number of nitrogens with one attached hydrogen (secondary N) is 1. The summed E-state index contributed by atoms with van der Waals surface area (Å²) in [6.45, 7) is 12.4. The van der Waals surface area contributed by atoms with Crippen molar-refractivity contribution in [2.24, 2.45) is 5.92 Å². The van der Waals surface area contributed by atoms with E-state index in [2.05, 4.69) is 18.8 Å². The molecule has 0 radical (unpaired) electrons. The van der Waals surface area contributed by atoms with E-state index in [9.17, 15) is 0 Å². The van der Waals surface area contributed by atoms with Gasteiger partial charge in [0.1, 0.15) is 0 Å². The number of hydrogen-bond acceptors (Lipinski definition) is 1. The van der Waals surface area contributed by atoms with Crippen LogP contribution in [0.15, 0.2) is 12.2 Å². The fourth-order valence-electron chi connectivity index (χ4n) is 1.38. The summed E-state index contributed by atoms with van der Waals surface area (Å²) in [7, 11) is 0. The van der Waals surface area contributed by atoms with Crippen molar-refractivity contribution in [2.75, 3.05) is 13.1 Å². The molecule has 1 nitrogen and oxygen atoms in total. The first-order valence-electron chi connectivity index (χ1n) is 4.64. The lowest BCUT2D eigenvalue weighted by Gasteiger charge is -2.05. The van der Waals surface area contributed by atoms with Crippen molar-refractivity contribution >= 4 is 0 Å². The molecule has 11 heavy (non-hydrogen) atoms. The minimum atomic E-state index is 0.877. The Morgan fingerprint density at radius 2 is 2.18 bits per heavy atom. The van der Waals surface area contributed by atoms with Crippen LogP contribution in [0.1, 0.15) is 33.6 Å². The van der Waals surface area contributed by atoms with Gasteiger partial charge in [0.15, 0.2) is 0 Å². The summed E-state index contributed by atoms with van der Waals surface area (Å²) in [5, 5.41) is 3.34. The molecule has 1 aliphatic rings. The first kappa shape index (κ1) is 10.7. The average molecular weight is 155 g/mol. The molecular weight excluding hydrogens is 134 g/mol. The monoisotopic (exact) mass is 155 g/mol. The minimum Gasteiger partial charge on any atom is -0.316 e. The van der Waals surface area contributed by atoms with Gasteiger partial charge in [0.2, 0.25) is 0 Å². The summed E-state index contributed by atoms with van der Waals surface area (Å²) >= 11 is 0. The SMILES string of the molecule is C=C(C)CC1CCNC1.CC. The molecule has 0 aromatic carbocycles.